The second-order valence-electron chi connectivity index (χ2n) is 13.5. The molecule has 0 radical (unpaired) electrons. The summed E-state index contributed by atoms with van der Waals surface area (Å²) in [5.74, 6) is -2.83. The van der Waals surface area contributed by atoms with Crippen LogP contribution in [0.15, 0.2) is 66.7 Å². The lowest BCUT2D eigenvalue weighted by molar-refractivity contribution is -0.917. The standard InChI is InChI=1S/C36H45F4N5O3.HI/c1-25-22-44(17-15-41-25)24-28-9-6-10-29(18-28)31-20-26(12-13-32(31)37)21-42-34(46)30-11-7-8-27(19-30)23-43(2)16-14-33(45(3,4)5)48-35(47)36(38,39)40;/h6-13,18-20,25,33,41H,14-17,21-24H2,1-5H3;1H/t25-,33?;/m0./s1. The van der Waals surface area contributed by atoms with Crippen LogP contribution >= 0.6 is 0 Å². The van der Waals surface area contributed by atoms with E-state index in [0.717, 1.165) is 48.4 Å². The number of hydrogen-bond donors (Lipinski definition) is 2. The molecule has 8 nitrogen and oxygen atoms in total. The van der Waals surface area contributed by atoms with Gasteiger partial charge in [0.05, 0.1) is 27.6 Å². The van der Waals surface area contributed by atoms with Crippen LogP contribution in [0.25, 0.3) is 11.1 Å². The van der Waals surface area contributed by atoms with E-state index in [1.807, 2.05) is 29.2 Å². The zero-order valence-electron chi connectivity index (χ0n) is 28.6. The second-order valence-corrected chi connectivity index (χ2v) is 13.5. The van der Waals surface area contributed by atoms with Crippen molar-refractivity contribution in [2.75, 3.05) is 54.4 Å². The first kappa shape index (κ1) is 40.3. The molecule has 1 amide bonds. The molecule has 268 valence electrons. The predicted molar refractivity (Wildman–Crippen MR) is 177 cm³/mol. The monoisotopic (exact) mass is 799 g/mol. The molecule has 49 heavy (non-hydrogen) atoms. The molecule has 0 spiro atoms. The Morgan fingerprint density at radius 3 is 2.45 bits per heavy atom. The fourth-order valence-corrected chi connectivity index (χ4v) is 5.77. The predicted octanol–water partition coefficient (Wildman–Crippen LogP) is 2.18. The normalized spacial score (nSPS) is 16.2. The van der Waals surface area contributed by atoms with Gasteiger partial charge < -0.3 is 44.2 Å². The zero-order chi connectivity index (χ0) is 35.1. The number of quaternary nitrogens is 1. The van der Waals surface area contributed by atoms with Gasteiger partial charge in [0.15, 0.2) is 0 Å². The minimum absolute atomic E-state index is 0. The average molecular weight is 800 g/mol. The molecule has 1 fully saturated rings. The van der Waals surface area contributed by atoms with Crippen LogP contribution in [-0.2, 0) is 29.2 Å². The molecule has 0 aromatic heterocycles. The molecular weight excluding hydrogens is 753 g/mol. The summed E-state index contributed by atoms with van der Waals surface area (Å²) in [4.78, 5) is 28.8. The van der Waals surface area contributed by atoms with Gasteiger partial charge in [0.2, 0.25) is 6.23 Å². The first-order valence-electron chi connectivity index (χ1n) is 16.1. The van der Waals surface area contributed by atoms with Crippen molar-refractivity contribution in [1.29, 1.82) is 0 Å². The first-order chi connectivity index (χ1) is 22.6. The quantitative estimate of drug-likeness (QED) is 0.0910. The van der Waals surface area contributed by atoms with Crippen LogP contribution in [0, 0.1) is 5.82 Å². The van der Waals surface area contributed by atoms with E-state index in [4.69, 9.17) is 4.74 Å². The van der Waals surface area contributed by atoms with Gasteiger partial charge in [-0.1, -0.05) is 36.4 Å². The van der Waals surface area contributed by atoms with Gasteiger partial charge in [0.25, 0.3) is 5.91 Å². The maximum absolute atomic E-state index is 15.0. The highest BCUT2D eigenvalue weighted by atomic mass is 127. The van der Waals surface area contributed by atoms with Crippen molar-refractivity contribution in [3.8, 4) is 11.1 Å². The summed E-state index contributed by atoms with van der Waals surface area (Å²) >= 11 is 0. The third-order valence-electron chi connectivity index (χ3n) is 8.32. The molecule has 1 aliphatic rings. The number of hydrogen-bond acceptors (Lipinski definition) is 6. The van der Waals surface area contributed by atoms with Crippen LogP contribution < -0.4 is 34.6 Å². The molecule has 13 heteroatoms. The number of nitrogens with zero attached hydrogens (tertiary/aromatic N) is 3. The average Bonchev–Trinajstić information content (AvgIpc) is 3.01. The lowest BCUT2D eigenvalue weighted by Crippen LogP contribution is -3.00. The zero-order valence-corrected chi connectivity index (χ0v) is 30.8. The van der Waals surface area contributed by atoms with Crippen LogP contribution in [0.5, 0.6) is 0 Å². The Balaban J connectivity index is 0.00000650. The number of amides is 1. The van der Waals surface area contributed by atoms with E-state index < -0.39 is 18.4 Å². The van der Waals surface area contributed by atoms with E-state index in [2.05, 4.69) is 28.5 Å². The molecule has 3 aromatic carbocycles. The highest BCUT2D eigenvalue weighted by Crippen LogP contribution is 2.26. The van der Waals surface area contributed by atoms with Crippen molar-refractivity contribution in [1.82, 2.24) is 20.4 Å². The van der Waals surface area contributed by atoms with Crippen LogP contribution in [0.3, 0.4) is 0 Å². The van der Waals surface area contributed by atoms with Crippen molar-refractivity contribution in [3.63, 3.8) is 0 Å². The van der Waals surface area contributed by atoms with Gasteiger partial charge in [-0.2, -0.15) is 13.2 Å². The Bertz CT molecular complexity index is 1570. The topological polar surface area (TPSA) is 73.9 Å². The van der Waals surface area contributed by atoms with Crippen LogP contribution in [0.2, 0.25) is 0 Å². The summed E-state index contributed by atoms with van der Waals surface area (Å²) in [5, 5.41) is 6.37. The molecule has 1 heterocycles. The smallest absolute Gasteiger partial charge is 0.491 e. The fourth-order valence-electron chi connectivity index (χ4n) is 5.77. The molecule has 1 aliphatic heterocycles. The maximum atomic E-state index is 15.0. The number of carbonyl (C=O) groups excluding carboxylic acids is 2. The Morgan fingerprint density at radius 2 is 1.76 bits per heavy atom. The lowest BCUT2D eigenvalue weighted by Gasteiger charge is -2.34. The molecule has 4 rings (SSSR count). The van der Waals surface area contributed by atoms with E-state index in [1.54, 1.807) is 58.5 Å². The number of benzene rings is 3. The largest absolute Gasteiger partial charge is 1.00 e. The summed E-state index contributed by atoms with van der Waals surface area (Å²) in [6.45, 7) is 6.80. The van der Waals surface area contributed by atoms with E-state index in [9.17, 15) is 27.2 Å². The first-order valence-corrected chi connectivity index (χ1v) is 16.1. The van der Waals surface area contributed by atoms with Gasteiger partial charge in [-0.05, 0) is 66.6 Å². The highest BCUT2D eigenvalue weighted by molar-refractivity contribution is 5.94. The van der Waals surface area contributed by atoms with Crippen molar-refractivity contribution >= 4 is 11.9 Å². The van der Waals surface area contributed by atoms with Gasteiger partial charge in [-0.3, -0.25) is 14.2 Å². The number of esters is 1. The lowest BCUT2D eigenvalue weighted by atomic mass is 10.00. The molecular formula is C36H46F4IN5O3. The molecule has 2 atom stereocenters. The number of alkyl halides is 3. The third-order valence-corrected chi connectivity index (χ3v) is 8.32. The Morgan fingerprint density at radius 1 is 1.04 bits per heavy atom. The van der Waals surface area contributed by atoms with E-state index in [1.165, 1.54) is 6.07 Å². The van der Waals surface area contributed by atoms with Gasteiger partial charge in [0, 0.05) is 63.0 Å². The second kappa shape index (κ2) is 17.7. The van der Waals surface area contributed by atoms with E-state index >= 15 is 0 Å². The number of ether oxygens (including phenoxy) is 1. The number of carbonyl (C=O) groups is 2. The SMILES string of the molecule is C[C@H]1CN(Cc2cccc(-c3cc(CNC(=O)c4cccc(CN(C)CCC(OC(=O)C(F)(F)F)[N+](C)(C)C)c4)ccc3F)c2)CCN1.[I-]. The summed E-state index contributed by atoms with van der Waals surface area (Å²) in [7, 11) is 6.79. The van der Waals surface area contributed by atoms with Crippen LogP contribution in [-0.4, -0.2) is 99.0 Å². The fraction of sp³-hybridized carbons (Fsp3) is 0.444. The number of rotatable bonds is 13. The summed E-state index contributed by atoms with van der Waals surface area (Å²) < 4.78 is 58.1. The number of piperazine rings is 1. The third kappa shape index (κ3) is 12.3. The number of halogens is 5. The van der Waals surface area contributed by atoms with Gasteiger partial charge in [0.1, 0.15) is 5.82 Å². The van der Waals surface area contributed by atoms with E-state index in [0.29, 0.717) is 30.3 Å². The van der Waals surface area contributed by atoms with Gasteiger partial charge in [-0.25, -0.2) is 9.18 Å². The van der Waals surface area contributed by atoms with Gasteiger partial charge in [-0.15, -0.1) is 0 Å². The molecule has 2 N–H and O–H groups in total. The van der Waals surface area contributed by atoms with Crippen LogP contribution in [0.4, 0.5) is 17.6 Å². The summed E-state index contributed by atoms with van der Waals surface area (Å²) in [6, 6.07) is 20.3. The molecule has 0 aliphatic carbocycles. The highest BCUT2D eigenvalue weighted by Gasteiger charge is 2.44. The van der Waals surface area contributed by atoms with Crippen molar-refractivity contribution in [2.45, 2.75) is 51.4 Å². The minimum Gasteiger partial charge on any atom is -1.00 e. The van der Waals surface area contributed by atoms with Crippen molar-refractivity contribution in [3.05, 3.63) is 94.8 Å². The molecule has 1 unspecified atom stereocenters. The van der Waals surface area contributed by atoms with Crippen molar-refractivity contribution < 1.29 is 60.3 Å². The van der Waals surface area contributed by atoms with Gasteiger partial charge >= 0.3 is 12.1 Å². The van der Waals surface area contributed by atoms with Crippen molar-refractivity contribution in [2.24, 2.45) is 0 Å². The minimum atomic E-state index is -5.06. The molecule has 3 aromatic rings. The summed E-state index contributed by atoms with van der Waals surface area (Å²) in [6.07, 6.45) is -5.87. The Hall–Kier alpha value is -3.11. The Labute approximate surface area is 303 Å². The Kier molecular flexibility index (Phi) is 14.6. The molecule has 1 saturated heterocycles. The maximum Gasteiger partial charge on any atom is 0.491 e. The molecule has 0 bridgehead atoms. The van der Waals surface area contributed by atoms with Crippen LogP contribution in [0.1, 0.15) is 40.4 Å². The molecule has 0 saturated carbocycles. The summed E-state index contributed by atoms with van der Waals surface area (Å²) in [5.41, 5.74) is 4.41. The number of nitrogens with one attached hydrogen (secondary N) is 2. The van der Waals surface area contributed by atoms with E-state index in [-0.39, 0.29) is 53.1 Å².